The molecule has 1 aliphatic carbocycles. The molecule has 0 saturated heterocycles. The van der Waals surface area contributed by atoms with Crippen LogP contribution in [-0.2, 0) is 9.53 Å². The first-order valence-corrected chi connectivity index (χ1v) is 6.75. The van der Waals surface area contributed by atoms with Crippen LogP contribution in [0.2, 0.25) is 0 Å². The number of carbonyl (C=O) groups is 2. The highest BCUT2D eigenvalue weighted by molar-refractivity contribution is 6.03. The number of methoxy groups -OCH3 is 1. The van der Waals surface area contributed by atoms with Crippen LogP contribution in [0.25, 0.3) is 0 Å². The molecule has 1 aliphatic rings. The standard InChI is InChI=1S/C17H19NO3/c1-11-5-7-14(8-6-11)16(20)18-17(21-4)12(2)9-15(19)10-13(17)3/h5-10H,1-4H3,(H,18,20). The predicted molar refractivity (Wildman–Crippen MR) is 80.9 cm³/mol. The van der Waals surface area contributed by atoms with E-state index in [-0.39, 0.29) is 11.7 Å². The predicted octanol–water partition coefficient (Wildman–Crippen LogP) is 2.54. The van der Waals surface area contributed by atoms with Crippen LogP contribution in [0.4, 0.5) is 0 Å². The fraction of sp³-hybridized carbons (Fsp3) is 0.294. The normalized spacial score (nSPS) is 17.0. The van der Waals surface area contributed by atoms with E-state index in [0.717, 1.165) is 5.56 Å². The van der Waals surface area contributed by atoms with Gasteiger partial charge in [0.1, 0.15) is 0 Å². The minimum Gasteiger partial charge on any atom is -0.351 e. The van der Waals surface area contributed by atoms with Crippen molar-refractivity contribution in [3.63, 3.8) is 0 Å². The molecule has 110 valence electrons. The summed E-state index contributed by atoms with van der Waals surface area (Å²) in [5.74, 6) is -0.339. The van der Waals surface area contributed by atoms with Gasteiger partial charge in [-0.25, -0.2) is 0 Å². The Morgan fingerprint density at radius 2 is 1.57 bits per heavy atom. The molecule has 0 unspecified atom stereocenters. The van der Waals surface area contributed by atoms with Crippen molar-refractivity contribution in [2.75, 3.05) is 7.11 Å². The maximum absolute atomic E-state index is 12.4. The van der Waals surface area contributed by atoms with Gasteiger partial charge in [0.15, 0.2) is 11.5 Å². The molecular formula is C17H19NO3. The molecule has 4 heteroatoms. The van der Waals surface area contributed by atoms with Crippen LogP contribution < -0.4 is 5.32 Å². The molecule has 2 rings (SSSR count). The van der Waals surface area contributed by atoms with E-state index in [9.17, 15) is 9.59 Å². The molecule has 0 atom stereocenters. The van der Waals surface area contributed by atoms with Crippen LogP contribution in [0.5, 0.6) is 0 Å². The van der Waals surface area contributed by atoms with E-state index in [1.165, 1.54) is 19.3 Å². The molecule has 0 aliphatic heterocycles. The Bertz CT molecular complexity index is 617. The molecule has 0 aromatic heterocycles. The molecule has 21 heavy (non-hydrogen) atoms. The molecule has 0 spiro atoms. The number of rotatable bonds is 3. The lowest BCUT2D eigenvalue weighted by Crippen LogP contribution is -2.53. The molecular weight excluding hydrogens is 266 g/mol. The number of hydrogen-bond donors (Lipinski definition) is 1. The SMILES string of the molecule is COC1(NC(=O)c2ccc(C)cc2)C(C)=CC(=O)C=C1C. The monoisotopic (exact) mass is 285 g/mol. The minimum atomic E-state index is -1.06. The number of hydrogen-bond acceptors (Lipinski definition) is 3. The highest BCUT2D eigenvalue weighted by atomic mass is 16.5. The Morgan fingerprint density at radius 1 is 1.05 bits per heavy atom. The summed E-state index contributed by atoms with van der Waals surface area (Å²) >= 11 is 0. The third-order valence-corrected chi connectivity index (χ3v) is 3.74. The van der Waals surface area contributed by atoms with Gasteiger partial charge in [-0.3, -0.25) is 9.59 Å². The fourth-order valence-corrected chi connectivity index (χ4v) is 2.49. The summed E-state index contributed by atoms with van der Waals surface area (Å²) in [6.45, 7) is 5.51. The lowest BCUT2D eigenvalue weighted by Gasteiger charge is -2.37. The van der Waals surface area contributed by atoms with Crippen molar-refractivity contribution in [1.82, 2.24) is 5.32 Å². The average molecular weight is 285 g/mol. The number of amides is 1. The van der Waals surface area contributed by atoms with Gasteiger partial charge in [0.25, 0.3) is 5.91 Å². The molecule has 4 nitrogen and oxygen atoms in total. The van der Waals surface area contributed by atoms with Gasteiger partial charge in [0, 0.05) is 12.7 Å². The molecule has 0 heterocycles. The van der Waals surface area contributed by atoms with Gasteiger partial charge in [0.05, 0.1) is 0 Å². The number of nitrogens with one attached hydrogen (secondary N) is 1. The number of ether oxygens (including phenoxy) is 1. The van der Waals surface area contributed by atoms with Crippen LogP contribution in [0.3, 0.4) is 0 Å². The lowest BCUT2D eigenvalue weighted by molar-refractivity contribution is -0.111. The molecule has 1 N–H and O–H groups in total. The molecule has 0 bridgehead atoms. The number of allylic oxidation sites excluding steroid dienone is 2. The van der Waals surface area contributed by atoms with Crippen molar-refractivity contribution < 1.29 is 14.3 Å². The zero-order chi connectivity index (χ0) is 15.6. The zero-order valence-corrected chi connectivity index (χ0v) is 12.7. The summed E-state index contributed by atoms with van der Waals surface area (Å²) in [6.07, 6.45) is 2.96. The highest BCUT2D eigenvalue weighted by Crippen LogP contribution is 2.30. The van der Waals surface area contributed by atoms with Gasteiger partial charge in [-0.1, -0.05) is 17.7 Å². The van der Waals surface area contributed by atoms with E-state index in [2.05, 4.69) is 5.32 Å². The van der Waals surface area contributed by atoms with E-state index >= 15 is 0 Å². The van der Waals surface area contributed by atoms with E-state index in [4.69, 9.17) is 4.74 Å². The zero-order valence-electron chi connectivity index (χ0n) is 12.7. The van der Waals surface area contributed by atoms with Crippen LogP contribution in [0.15, 0.2) is 47.6 Å². The maximum Gasteiger partial charge on any atom is 0.253 e. The summed E-state index contributed by atoms with van der Waals surface area (Å²) in [5.41, 5.74) is 1.90. The largest absolute Gasteiger partial charge is 0.351 e. The van der Waals surface area contributed by atoms with Crippen molar-refractivity contribution in [2.45, 2.75) is 26.5 Å². The Hall–Kier alpha value is -2.20. The number of benzene rings is 1. The summed E-state index contributed by atoms with van der Waals surface area (Å²) < 4.78 is 5.55. The van der Waals surface area contributed by atoms with Gasteiger partial charge in [-0.2, -0.15) is 0 Å². The van der Waals surface area contributed by atoms with Crippen LogP contribution in [0, 0.1) is 6.92 Å². The summed E-state index contributed by atoms with van der Waals surface area (Å²) in [7, 11) is 1.51. The van der Waals surface area contributed by atoms with E-state index in [1.54, 1.807) is 26.0 Å². The van der Waals surface area contributed by atoms with Gasteiger partial charge < -0.3 is 10.1 Å². The van der Waals surface area contributed by atoms with Crippen molar-refractivity contribution in [3.8, 4) is 0 Å². The second kappa shape index (κ2) is 5.66. The Morgan fingerprint density at radius 3 is 2.05 bits per heavy atom. The van der Waals surface area contributed by atoms with E-state index < -0.39 is 5.72 Å². The molecule has 0 fully saturated rings. The Kier molecular flexibility index (Phi) is 4.09. The Balaban J connectivity index is 2.32. The van der Waals surface area contributed by atoms with Crippen LogP contribution in [0.1, 0.15) is 29.8 Å². The molecule has 1 aromatic carbocycles. The summed E-state index contributed by atoms with van der Waals surface area (Å²) in [6, 6.07) is 7.29. The smallest absolute Gasteiger partial charge is 0.253 e. The van der Waals surface area contributed by atoms with E-state index in [0.29, 0.717) is 16.7 Å². The second-order valence-corrected chi connectivity index (χ2v) is 5.26. The van der Waals surface area contributed by atoms with Gasteiger partial charge >= 0.3 is 0 Å². The van der Waals surface area contributed by atoms with Crippen molar-refractivity contribution >= 4 is 11.7 Å². The Labute approximate surface area is 124 Å². The average Bonchev–Trinajstić information content (AvgIpc) is 2.43. The molecule has 1 aromatic rings. The maximum atomic E-state index is 12.4. The number of ketones is 1. The number of carbonyl (C=O) groups excluding carboxylic acids is 2. The van der Waals surface area contributed by atoms with Crippen molar-refractivity contribution in [3.05, 3.63) is 58.7 Å². The van der Waals surface area contributed by atoms with E-state index in [1.807, 2.05) is 19.1 Å². The highest BCUT2D eigenvalue weighted by Gasteiger charge is 2.38. The first-order valence-electron chi connectivity index (χ1n) is 6.75. The first-order chi connectivity index (χ1) is 9.89. The molecule has 0 radical (unpaired) electrons. The van der Waals surface area contributed by atoms with Gasteiger partial charge in [-0.15, -0.1) is 0 Å². The summed E-state index contributed by atoms with van der Waals surface area (Å²) in [5, 5.41) is 2.89. The van der Waals surface area contributed by atoms with Gasteiger partial charge in [0.2, 0.25) is 0 Å². The third kappa shape index (κ3) is 2.81. The van der Waals surface area contributed by atoms with Gasteiger partial charge in [-0.05, 0) is 56.2 Å². The van der Waals surface area contributed by atoms with Crippen LogP contribution >= 0.6 is 0 Å². The van der Waals surface area contributed by atoms with Crippen molar-refractivity contribution in [1.29, 1.82) is 0 Å². The topological polar surface area (TPSA) is 55.4 Å². The second-order valence-electron chi connectivity index (χ2n) is 5.26. The minimum absolute atomic E-state index is 0.0951. The third-order valence-electron chi connectivity index (χ3n) is 3.74. The first kappa shape index (κ1) is 15.2. The quantitative estimate of drug-likeness (QED) is 0.868. The number of aryl methyl sites for hydroxylation is 1. The molecule has 1 amide bonds. The summed E-state index contributed by atoms with van der Waals surface area (Å²) in [4.78, 5) is 24.0. The molecule has 0 saturated carbocycles. The van der Waals surface area contributed by atoms with Crippen LogP contribution in [-0.4, -0.2) is 24.5 Å². The lowest BCUT2D eigenvalue weighted by atomic mass is 9.89. The fourth-order valence-electron chi connectivity index (χ4n) is 2.49. The van der Waals surface area contributed by atoms with Crippen molar-refractivity contribution in [2.24, 2.45) is 0 Å².